The molecule has 4 N–H and O–H groups in total. The first-order chi connectivity index (χ1) is 18.5. The van der Waals surface area contributed by atoms with Crippen molar-refractivity contribution in [3.8, 4) is 17.1 Å². The minimum atomic E-state index is -5.01. The van der Waals surface area contributed by atoms with E-state index in [1.807, 2.05) is 0 Å². The number of methoxy groups -OCH3 is 1. The monoisotopic (exact) mass is 565 g/mol. The zero-order chi connectivity index (χ0) is 27.8. The molecule has 15 heteroatoms. The topological polar surface area (TPSA) is 123 Å². The number of ether oxygens (including phenoxy) is 1. The molecule has 2 fully saturated rings. The fraction of sp³-hybridized carbons (Fsp3) is 0.333. The molecule has 6 rings (SSSR count). The normalized spacial score (nSPS) is 19.3. The van der Waals surface area contributed by atoms with Gasteiger partial charge < -0.3 is 26.0 Å². The highest BCUT2D eigenvalue weighted by molar-refractivity contribution is 7.22. The van der Waals surface area contributed by atoms with Crippen LogP contribution >= 0.6 is 11.3 Å². The zero-order valence-electron chi connectivity index (χ0n) is 20.2. The minimum absolute atomic E-state index is 0.0379. The Kier molecular flexibility index (Phi) is 5.68. The molecule has 2 aromatic heterocycles. The Labute approximate surface area is 221 Å². The average Bonchev–Trinajstić information content (AvgIpc) is 3.40. The fourth-order valence-corrected chi connectivity index (χ4v) is 6.40. The van der Waals surface area contributed by atoms with Crippen molar-refractivity contribution in [3.63, 3.8) is 0 Å². The third-order valence-corrected chi connectivity index (χ3v) is 8.09. The number of hydrogen-bond donors (Lipinski definition) is 2. The molecule has 2 saturated heterocycles. The number of hydrogen-bond acceptors (Lipinski definition) is 8. The number of nitrogen functional groups attached to an aromatic ring is 1. The summed E-state index contributed by atoms with van der Waals surface area (Å²) in [7, 11) is 1.25. The number of rotatable bonds is 3. The van der Waals surface area contributed by atoms with E-state index in [0.29, 0.717) is 12.8 Å². The van der Waals surface area contributed by atoms with Gasteiger partial charge in [-0.2, -0.15) is 23.1 Å². The van der Waals surface area contributed by atoms with Gasteiger partial charge >= 0.3 is 18.2 Å². The number of halogens is 5. The lowest BCUT2D eigenvalue weighted by atomic mass is 9.95. The minimum Gasteiger partial charge on any atom is -0.467 e. The van der Waals surface area contributed by atoms with Crippen molar-refractivity contribution in [2.75, 3.05) is 30.8 Å². The number of primary amides is 1. The van der Waals surface area contributed by atoms with Crippen molar-refractivity contribution < 1.29 is 31.5 Å². The fourth-order valence-electron chi connectivity index (χ4n) is 5.64. The van der Waals surface area contributed by atoms with Gasteiger partial charge in [-0.3, -0.25) is 0 Å². The molecule has 2 amide bonds. The lowest BCUT2D eigenvalue weighted by Crippen LogP contribution is -2.57. The van der Waals surface area contributed by atoms with Crippen LogP contribution < -0.4 is 21.1 Å². The van der Waals surface area contributed by atoms with Gasteiger partial charge in [0.05, 0.1) is 35.0 Å². The van der Waals surface area contributed by atoms with E-state index in [1.165, 1.54) is 7.11 Å². The molecule has 0 radical (unpaired) electrons. The third-order valence-electron chi connectivity index (χ3n) is 7.20. The summed E-state index contributed by atoms with van der Waals surface area (Å²) in [5.41, 5.74) is 8.21. The number of piperazine rings is 1. The average molecular weight is 566 g/mol. The standard InChI is InChI=1S/C24H20F5N7O2S/c1-38-23-33-17-12(20(34-23)35-7-9-2-3-10(8-35)36(9)22(31)37)6-13(24(27,28)29)15(16(17)26)11-4-5-14(25)19-18(11)32-21(30)39-19/h4-6,9-10H,2-3,7-8H2,1H3,(H2,30,32)(H2,31,37). The Morgan fingerprint density at radius 3 is 2.41 bits per heavy atom. The number of carbonyl (C=O) groups excluding carboxylic acids is 1. The number of aromatic nitrogens is 3. The smallest absolute Gasteiger partial charge is 0.417 e. The van der Waals surface area contributed by atoms with Crippen LogP contribution in [0.25, 0.3) is 32.2 Å². The maximum absolute atomic E-state index is 16.3. The van der Waals surface area contributed by atoms with Gasteiger partial charge in [0, 0.05) is 29.6 Å². The molecule has 0 saturated carbocycles. The van der Waals surface area contributed by atoms with Crippen molar-refractivity contribution in [3.05, 3.63) is 35.4 Å². The second-order valence-corrected chi connectivity index (χ2v) is 10.4. The van der Waals surface area contributed by atoms with Crippen LogP contribution in [0.3, 0.4) is 0 Å². The van der Waals surface area contributed by atoms with E-state index in [1.54, 1.807) is 9.80 Å². The van der Waals surface area contributed by atoms with E-state index in [0.717, 1.165) is 29.5 Å². The van der Waals surface area contributed by atoms with Crippen molar-refractivity contribution in [1.29, 1.82) is 0 Å². The first-order valence-corrected chi connectivity index (χ1v) is 12.6. The second kappa shape index (κ2) is 8.76. The van der Waals surface area contributed by atoms with Crippen molar-refractivity contribution in [2.24, 2.45) is 5.73 Å². The number of amides is 2. The molecule has 2 aromatic carbocycles. The lowest BCUT2D eigenvalue weighted by molar-refractivity contribution is -0.137. The van der Waals surface area contributed by atoms with Crippen molar-refractivity contribution >= 4 is 49.4 Å². The predicted molar refractivity (Wildman–Crippen MR) is 134 cm³/mol. The van der Waals surface area contributed by atoms with Crippen molar-refractivity contribution in [2.45, 2.75) is 31.1 Å². The van der Waals surface area contributed by atoms with Crippen molar-refractivity contribution in [1.82, 2.24) is 19.9 Å². The van der Waals surface area contributed by atoms with Crippen LogP contribution in [0.15, 0.2) is 18.2 Å². The van der Waals surface area contributed by atoms with E-state index < -0.39 is 40.5 Å². The number of fused-ring (bicyclic) bond motifs is 4. The number of carbonyl (C=O) groups is 1. The predicted octanol–water partition coefficient (Wildman–Crippen LogP) is 4.53. The Hall–Kier alpha value is -4.01. The molecule has 9 nitrogen and oxygen atoms in total. The highest BCUT2D eigenvalue weighted by Gasteiger charge is 2.43. The van der Waals surface area contributed by atoms with E-state index in [-0.39, 0.29) is 63.3 Å². The molecular weight excluding hydrogens is 545 g/mol. The lowest BCUT2D eigenvalue weighted by Gasteiger charge is -2.41. The highest BCUT2D eigenvalue weighted by atomic mass is 32.1. The van der Waals surface area contributed by atoms with Crippen LogP contribution in [0.5, 0.6) is 6.01 Å². The van der Waals surface area contributed by atoms with Gasteiger partial charge in [-0.15, -0.1) is 0 Å². The number of thiazole rings is 1. The number of anilines is 2. The molecular formula is C24H20F5N7O2S. The van der Waals surface area contributed by atoms with Crippen LogP contribution in [0.2, 0.25) is 0 Å². The summed E-state index contributed by atoms with van der Waals surface area (Å²) in [5.74, 6) is -2.00. The molecule has 39 heavy (non-hydrogen) atoms. The Morgan fingerprint density at radius 2 is 1.79 bits per heavy atom. The summed E-state index contributed by atoms with van der Waals surface area (Å²) >= 11 is 0.745. The molecule has 2 atom stereocenters. The van der Waals surface area contributed by atoms with Crippen LogP contribution in [-0.4, -0.2) is 58.2 Å². The van der Waals surface area contributed by atoms with E-state index in [4.69, 9.17) is 16.2 Å². The summed E-state index contributed by atoms with van der Waals surface area (Å²) in [6.07, 6.45) is -3.69. The van der Waals surface area contributed by atoms with Crippen LogP contribution in [0, 0.1) is 11.6 Å². The first kappa shape index (κ1) is 25.3. The van der Waals surface area contributed by atoms with Crippen LogP contribution in [0.1, 0.15) is 18.4 Å². The van der Waals surface area contributed by atoms with Gasteiger partial charge in [0.1, 0.15) is 17.2 Å². The van der Waals surface area contributed by atoms with E-state index in [2.05, 4.69) is 15.0 Å². The Balaban J connectivity index is 1.61. The summed E-state index contributed by atoms with van der Waals surface area (Å²) in [4.78, 5) is 27.5. The van der Waals surface area contributed by atoms with Gasteiger partial charge in [-0.05, 0) is 31.0 Å². The zero-order valence-corrected chi connectivity index (χ0v) is 21.0. The summed E-state index contributed by atoms with van der Waals surface area (Å²) < 4.78 is 79.3. The molecule has 2 bridgehead atoms. The van der Waals surface area contributed by atoms with Crippen LogP contribution in [-0.2, 0) is 6.18 Å². The van der Waals surface area contributed by atoms with E-state index in [9.17, 15) is 22.4 Å². The number of nitrogens with zero attached hydrogens (tertiary/aromatic N) is 5. The first-order valence-electron chi connectivity index (χ1n) is 11.8. The molecule has 204 valence electrons. The van der Waals surface area contributed by atoms with Gasteiger partial charge in [-0.25, -0.2) is 18.6 Å². The number of alkyl halides is 3. The molecule has 2 aliphatic rings. The van der Waals surface area contributed by atoms with Crippen LogP contribution in [0.4, 0.5) is 37.7 Å². The summed E-state index contributed by atoms with van der Waals surface area (Å²) in [5, 5.41) is -0.269. The maximum atomic E-state index is 16.3. The molecule has 2 aliphatic heterocycles. The van der Waals surface area contributed by atoms with Gasteiger partial charge in [0.2, 0.25) is 0 Å². The summed E-state index contributed by atoms with van der Waals surface area (Å²) in [6, 6.07) is 1.40. The molecule has 4 heterocycles. The highest BCUT2D eigenvalue weighted by Crippen LogP contribution is 2.46. The maximum Gasteiger partial charge on any atom is 0.417 e. The second-order valence-electron chi connectivity index (χ2n) is 9.40. The Bertz CT molecular complexity index is 1650. The van der Waals surface area contributed by atoms with Gasteiger partial charge in [0.15, 0.2) is 10.9 Å². The molecule has 0 spiro atoms. The van der Waals surface area contributed by atoms with Gasteiger partial charge in [-0.1, -0.05) is 11.3 Å². The molecule has 0 aliphatic carbocycles. The number of urea groups is 1. The quantitative estimate of drug-likeness (QED) is 0.350. The Morgan fingerprint density at radius 1 is 1.10 bits per heavy atom. The number of nitrogens with two attached hydrogens (primary N) is 2. The third kappa shape index (κ3) is 3.94. The van der Waals surface area contributed by atoms with Gasteiger partial charge in [0.25, 0.3) is 0 Å². The largest absolute Gasteiger partial charge is 0.467 e. The summed E-state index contributed by atoms with van der Waals surface area (Å²) in [6.45, 7) is 0.465. The van der Waals surface area contributed by atoms with E-state index >= 15 is 4.39 Å². The number of benzene rings is 2. The molecule has 2 unspecified atom stereocenters. The molecule has 4 aromatic rings. The SMILES string of the molecule is COc1nc(N2CC3CCC(C2)N3C(N)=O)c2cc(C(F)(F)F)c(-c3ccc(F)c4sc(N)nc34)c(F)c2n1.